The minimum absolute atomic E-state index is 0.594. The van der Waals surface area contributed by atoms with Crippen molar-refractivity contribution in [1.29, 1.82) is 0 Å². The highest BCUT2D eigenvalue weighted by Crippen LogP contribution is 2.03. The lowest BCUT2D eigenvalue weighted by atomic mass is 10.7. The van der Waals surface area contributed by atoms with Crippen LogP contribution in [0.15, 0.2) is 12.7 Å². The summed E-state index contributed by atoms with van der Waals surface area (Å²) in [5.41, 5.74) is 0. The van der Waals surface area contributed by atoms with E-state index in [0.29, 0.717) is 0 Å². The molecular formula is C4H5O5P. The number of rotatable bonds is 4. The summed E-state index contributed by atoms with van der Waals surface area (Å²) in [6.07, 6.45) is 0.904. The van der Waals surface area contributed by atoms with Crippen molar-refractivity contribution in [3.05, 3.63) is 12.7 Å². The molecule has 0 fully saturated rings. The largest absolute Gasteiger partial charge is 0.471 e. The third kappa shape index (κ3) is 5.21. The lowest BCUT2D eigenvalue weighted by molar-refractivity contribution is -0.143. The molecule has 0 aliphatic carbocycles. The second kappa shape index (κ2) is 4.90. The van der Waals surface area contributed by atoms with Gasteiger partial charge in [0.1, 0.15) is 0 Å². The summed E-state index contributed by atoms with van der Waals surface area (Å²) >= 11 is 0. The molecule has 0 rings (SSSR count). The molecule has 0 aromatic rings. The molecule has 0 aromatic carbocycles. The van der Waals surface area contributed by atoms with Crippen molar-refractivity contribution in [2.24, 2.45) is 0 Å². The maximum absolute atomic E-state index is 10.2. The van der Waals surface area contributed by atoms with Gasteiger partial charge in [-0.15, -0.1) is 0 Å². The Hall–Kier alpha value is -0.930. The molecule has 0 amide bonds. The van der Waals surface area contributed by atoms with E-state index in [1.807, 2.05) is 0 Å². The van der Waals surface area contributed by atoms with E-state index in [0.717, 1.165) is 6.08 Å². The van der Waals surface area contributed by atoms with Crippen LogP contribution in [0.5, 0.6) is 0 Å². The SMILES string of the molecule is C=CC(=O)OCOP(=O)=O. The van der Waals surface area contributed by atoms with Gasteiger partial charge in [-0.05, 0) is 0 Å². The van der Waals surface area contributed by atoms with Crippen molar-refractivity contribution in [3.8, 4) is 0 Å². The molecule has 0 saturated heterocycles. The minimum Gasteiger partial charge on any atom is -0.434 e. The summed E-state index contributed by atoms with van der Waals surface area (Å²) in [5.74, 6) is -0.725. The van der Waals surface area contributed by atoms with Gasteiger partial charge in [0.25, 0.3) is 0 Å². The second-order valence-corrected chi connectivity index (χ2v) is 1.84. The van der Waals surface area contributed by atoms with Gasteiger partial charge in [-0.25, -0.2) is 18.4 Å². The summed E-state index contributed by atoms with van der Waals surface area (Å²) in [6.45, 7) is 2.48. The van der Waals surface area contributed by atoms with Crippen LogP contribution in [0, 0.1) is 0 Å². The second-order valence-electron chi connectivity index (χ2n) is 1.14. The number of esters is 1. The average molecular weight is 164 g/mol. The Labute approximate surface area is 57.5 Å². The highest BCUT2D eigenvalue weighted by atomic mass is 31.1. The van der Waals surface area contributed by atoms with Crippen molar-refractivity contribution < 1.29 is 23.2 Å². The van der Waals surface area contributed by atoms with E-state index in [9.17, 15) is 13.9 Å². The third-order valence-electron chi connectivity index (χ3n) is 0.526. The maximum atomic E-state index is 10.2. The van der Waals surface area contributed by atoms with Crippen LogP contribution in [0.4, 0.5) is 0 Å². The summed E-state index contributed by atoms with van der Waals surface area (Å²) < 4.78 is 27.3. The maximum Gasteiger partial charge on any atom is 0.471 e. The fourth-order valence-electron chi connectivity index (χ4n) is 0.186. The van der Waals surface area contributed by atoms with Crippen LogP contribution in [0.25, 0.3) is 0 Å². The Kier molecular flexibility index (Phi) is 4.45. The molecule has 10 heavy (non-hydrogen) atoms. The van der Waals surface area contributed by atoms with E-state index in [2.05, 4.69) is 15.8 Å². The molecule has 6 heteroatoms. The standard InChI is InChI=1S/C4H5O5P/c1-2-4(5)8-3-9-10(6)7/h2H,1,3H2. The van der Waals surface area contributed by atoms with Gasteiger partial charge in [-0.3, -0.25) is 0 Å². The lowest BCUT2D eigenvalue weighted by Gasteiger charge is -1.94. The molecule has 0 atom stereocenters. The van der Waals surface area contributed by atoms with Crippen LogP contribution in [0.3, 0.4) is 0 Å². The summed E-state index contributed by atoms with van der Waals surface area (Å²) in [4.78, 5) is 10.2. The highest BCUT2D eigenvalue weighted by Gasteiger charge is 1.95. The van der Waals surface area contributed by atoms with Crippen LogP contribution < -0.4 is 0 Å². The number of ether oxygens (including phenoxy) is 1. The molecule has 0 aliphatic rings. The van der Waals surface area contributed by atoms with Crippen LogP contribution in [0.2, 0.25) is 0 Å². The van der Waals surface area contributed by atoms with Crippen LogP contribution in [0.1, 0.15) is 0 Å². The Morgan fingerprint density at radius 1 is 1.60 bits per heavy atom. The Morgan fingerprint density at radius 2 is 2.20 bits per heavy atom. The first-order valence-corrected chi connectivity index (χ1v) is 3.33. The van der Waals surface area contributed by atoms with Crippen molar-refractivity contribution >= 4 is 13.9 Å². The van der Waals surface area contributed by atoms with Gasteiger partial charge in [-0.1, -0.05) is 6.58 Å². The molecule has 0 spiro atoms. The van der Waals surface area contributed by atoms with Gasteiger partial charge < -0.3 is 4.74 Å². The molecule has 0 heterocycles. The van der Waals surface area contributed by atoms with Gasteiger partial charge in [0, 0.05) is 6.08 Å². The van der Waals surface area contributed by atoms with Crippen LogP contribution >= 0.6 is 7.91 Å². The predicted molar refractivity (Wildman–Crippen MR) is 30.5 cm³/mol. The van der Waals surface area contributed by atoms with E-state index in [4.69, 9.17) is 0 Å². The molecule has 0 radical (unpaired) electrons. The molecule has 0 bridgehead atoms. The average Bonchev–Trinajstić information content (AvgIpc) is 1.87. The first kappa shape index (κ1) is 9.07. The van der Waals surface area contributed by atoms with Gasteiger partial charge >= 0.3 is 13.9 Å². The third-order valence-corrected chi connectivity index (χ3v) is 0.842. The zero-order valence-electron chi connectivity index (χ0n) is 4.98. The number of carbonyl (C=O) groups excluding carboxylic acids is 1. The minimum atomic E-state index is -2.95. The summed E-state index contributed by atoms with van der Waals surface area (Å²) in [6, 6.07) is 0. The summed E-state index contributed by atoms with van der Waals surface area (Å²) in [7, 11) is -2.95. The Morgan fingerprint density at radius 3 is 2.60 bits per heavy atom. The monoisotopic (exact) mass is 164 g/mol. The van der Waals surface area contributed by atoms with Crippen molar-refractivity contribution in [1.82, 2.24) is 0 Å². The number of carbonyl (C=O) groups is 1. The van der Waals surface area contributed by atoms with Gasteiger partial charge in [0.15, 0.2) is 0 Å². The molecule has 0 aromatic heterocycles. The van der Waals surface area contributed by atoms with Crippen molar-refractivity contribution in [3.63, 3.8) is 0 Å². The van der Waals surface area contributed by atoms with E-state index in [1.165, 1.54) is 0 Å². The first-order chi connectivity index (χ1) is 4.66. The molecule has 0 unspecified atom stereocenters. The van der Waals surface area contributed by atoms with Crippen molar-refractivity contribution in [2.75, 3.05) is 6.79 Å². The van der Waals surface area contributed by atoms with Crippen LogP contribution in [-0.2, 0) is 23.2 Å². The number of hydrogen-bond donors (Lipinski definition) is 0. The van der Waals surface area contributed by atoms with E-state index >= 15 is 0 Å². The van der Waals surface area contributed by atoms with Gasteiger partial charge in [0.2, 0.25) is 6.79 Å². The van der Waals surface area contributed by atoms with Gasteiger partial charge in [-0.2, -0.15) is 0 Å². The molecular weight excluding hydrogens is 159 g/mol. The fourth-order valence-corrected chi connectivity index (χ4v) is 0.325. The Balaban J connectivity index is 3.37. The predicted octanol–water partition coefficient (Wildman–Crippen LogP) is 0.778. The molecule has 0 saturated carbocycles. The van der Waals surface area contributed by atoms with Crippen LogP contribution in [-0.4, -0.2) is 12.8 Å². The summed E-state index contributed by atoms with van der Waals surface area (Å²) in [5, 5.41) is 0. The van der Waals surface area contributed by atoms with E-state index in [1.54, 1.807) is 0 Å². The van der Waals surface area contributed by atoms with E-state index < -0.39 is 20.7 Å². The smallest absolute Gasteiger partial charge is 0.434 e. The molecule has 0 N–H and O–H groups in total. The zero-order valence-corrected chi connectivity index (χ0v) is 5.87. The van der Waals surface area contributed by atoms with E-state index in [-0.39, 0.29) is 0 Å². The van der Waals surface area contributed by atoms with Gasteiger partial charge in [0.05, 0.1) is 0 Å². The molecule has 5 nitrogen and oxygen atoms in total. The zero-order chi connectivity index (χ0) is 7.98. The molecule has 56 valence electrons. The Bertz CT molecular complexity index is 186. The topological polar surface area (TPSA) is 69.7 Å². The molecule has 0 aliphatic heterocycles. The lowest BCUT2D eigenvalue weighted by Crippen LogP contribution is -2.01. The number of hydrogen-bond acceptors (Lipinski definition) is 5. The van der Waals surface area contributed by atoms with Crippen molar-refractivity contribution in [2.45, 2.75) is 0 Å². The normalized spacial score (nSPS) is 8.40. The highest BCUT2D eigenvalue weighted by molar-refractivity contribution is 7.24. The first-order valence-electron chi connectivity index (χ1n) is 2.23. The quantitative estimate of drug-likeness (QED) is 0.265. The fraction of sp³-hybridized carbons (Fsp3) is 0.250.